The molecular formula is C15H13IO4S. The smallest absolute Gasteiger partial charge is 0.335 e. The molecule has 2 rings (SSSR count). The van der Waals surface area contributed by atoms with Crippen LogP contribution in [-0.4, -0.2) is 19.5 Å². The lowest BCUT2D eigenvalue weighted by molar-refractivity contribution is 0.0696. The van der Waals surface area contributed by atoms with Crippen molar-refractivity contribution in [1.29, 1.82) is 0 Å². The molecule has 0 saturated carbocycles. The molecule has 0 unspecified atom stereocenters. The van der Waals surface area contributed by atoms with Crippen LogP contribution in [0, 0.1) is 10.5 Å². The summed E-state index contributed by atoms with van der Waals surface area (Å²) in [7, 11) is -3.56. The van der Waals surface area contributed by atoms with E-state index in [4.69, 9.17) is 5.11 Å². The number of carbonyl (C=O) groups is 1. The highest BCUT2D eigenvalue weighted by molar-refractivity contribution is 14.1. The topological polar surface area (TPSA) is 71.4 Å². The molecule has 0 aliphatic rings. The fourth-order valence-corrected chi connectivity index (χ4v) is 3.64. The first-order valence-electron chi connectivity index (χ1n) is 6.11. The molecule has 0 fully saturated rings. The first kappa shape index (κ1) is 16.0. The molecule has 1 N–H and O–H groups in total. The van der Waals surface area contributed by atoms with Gasteiger partial charge in [-0.15, -0.1) is 0 Å². The minimum absolute atomic E-state index is 0.0127. The van der Waals surface area contributed by atoms with Gasteiger partial charge in [-0.1, -0.05) is 18.2 Å². The van der Waals surface area contributed by atoms with E-state index in [9.17, 15) is 13.2 Å². The summed E-state index contributed by atoms with van der Waals surface area (Å²) < 4.78 is 25.8. The minimum atomic E-state index is -3.56. The van der Waals surface area contributed by atoms with Crippen molar-refractivity contribution < 1.29 is 18.3 Å². The van der Waals surface area contributed by atoms with Crippen LogP contribution in [0.2, 0.25) is 0 Å². The van der Waals surface area contributed by atoms with Gasteiger partial charge in [0.2, 0.25) is 0 Å². The third kappa shape index (κ3) is 3.82. The summed E-state index contributed by atoms with van der Waals surface area (Å²) in [5.74, 6) is -1.27. The first-order chi connectivity index (χ1) is 9.79. The van der Waals surface area contributed by atoms with E-state index < -0.39 is 15.8 Å². The predicted molar refractivity (Wildman–Crippen MR) is 88.2 cm³/mol. The Morgan fingerprint density at radius 1 is 1.14 bits per heavy atom. The van der Waals surface area contributed by atoms with Crippen molar-refractivity contribution in [2.45, 2.75) is 17.6 Å². The maximum Gasteiger partial charge on any atom is 0.335 e. The Labute approximate surface area is 136 Å². The molecule has 0 heterocycles. The van der Waals surface area contributed by atoms with E-state index in [0.29, 0.717) is 11.1 Å². The molecule has 0 aliphatic heterocycles. The molecule has 0 aromatic heterocycles. The summed E-state index contributed by atoms with van der Waals surface area (Å²) in [5.41, 5.74) is 1.22. The normalized spacial score (nSPS) is 11.3. The lowest BCUT2D eigenvalue weighted by atomic mass is 10.1. The predicted octanol–water partition coefficient (Wildman–Crippen LogP) is 3.27. The molecule has 0 amide bonds. The Morgan fingerprint density at radius 2 is 1.76 bits per heavy atom. The van der Waals surface area contributed by atoms with Crippen LogP contribution in [0.1, 0.15) is 21.5 Å². The van der Waals surface area contributed by atoms with Crippen molar-refractivity contribution in [2.24, 2.45) is 0 Å². The van der Waals surface area contributed by atoms with Crippen molar-refractivity contribution in [3.63, 3.8) is 0 Å². The Bertz CT molecular complexity index is 780. The maximum atomic E-state index is 12.4. The van der Waals surface area contributed by atoms with Gasteiger partial charge in [0, 0.05) is 3.57 Å². The fraction of sp³-hybridized carbons (Fsp3) is 0.133. The van der Waals surface area contributed by atoms with E-state index in [2.05, 4.69) is 22.6 Å². The number of hydrogen-bond donors (Lipinski definition) is 1. The third-order valence-corrected chi connectivity index (χ3v) is 5.47. The number of aryl methyl sites for hydroxylation is 1. The Kier molecular flexibility index (Phi) is 4.67. The molecule has 2 aromatic carbocycles. The number of carboxylic acid groups (broad SMARTS) is 1. The number of sulfone groups is 1. The lowest BCUT2D eigenvalue weighted by Gasteiger charge is -2.07. The molecule has 0 bridgehead atoms. The van der Waals surface area contributed by atoms with Gasteiger partial charge in [0.1, 0.15) is 0 Å². The monoisotopic (exact) mass is 416 g/mol. The summed E-state index contributed by atoms with van der Waals surface area (Å²) in [6, 6.07) is 11.4. The molecule has 21 heavy (non-hydrogen) atoms. The largest absolute Gasteiger partial charge is 0.478 e. The Balaban J connectivity index is 2.38. The molecule has 2 aromatic rings. The highest BCUT2D eigenvalue weighted by atomic mass is 127. The van der Waals surface area contributed by atoms with Gasteiger partial charge in [0.25, 0.3) is 0 Å². The molecule has 0 aliphatic carbocycles. The van der Waals surface area contributed by atoms with E-state index in [1.54, 1.807) is 19.1 Å². The van der Waals surface area contributed by atoms with Crippen LogP contribution in [0.25, 0.3) is 0 Å². The summed E-state index contributed by atoms with van der Waals surface area (Å²) in [4.78, 5) is 11.1. The van der Waals surface area contributed by atoms with Crippen molar-refractivity contribution >= 4 is 38.4 Å². The zero-order valence-corrected chi connectivity index (χ0v) is 14.2. The van der Waals surface area contributed by atoms with Crippen LogP contribution < -0.4 is 0 Å². The van der Waals surface area contributed by atoms with Gasteiger partial charge < -0.3 is 5.11 Å². The van der Waals surface area contributed by atoms with E-state index in [-0.39, 0.29) is 16.2 Å². The molecule has 0 spiro atoms. The van der Waals surface area contributed by atoms with Crippen molar-refractivity contribution in [3.8, 4) is 0 Å². The van der Waals surface area contributed by atoms with Crippen LogP contribution in [0.3, 0.4) is 0 Å². The van der Waals surface area contributed by atoms with Crippen LogP contribution in [-0.2, 0) is 15.6 Å². The van der Waals surface area contributed by atoms with E-state index in [1.165, 1.54) is 18.2 Å². The molecule has 6 heteroatoms. The standard InChI is InChI=1S/C15H13IO4S/c1-10-2-7-13(8-14(10)15(17)18)21(19,20)9-11-3-5-12(16)6-4-11/h2-8H,9H2,1H3,(H,17,18). The van der Waals surface area contributed by atoms with Gasteiger partial charge in [-0.25, -0.2) is 13.2 Å². The summed E-state index contributed by atoms with van der Waals surface area (Å²) >= 11 is 2.15. The van der Waals surface area contributed by atoms with E-state index in [0.717, 1.165) is 3.57 Å². The second kappa shape index (κ2) is 6.15. The highest BCUT2D eigenvalue weighted by Gasteiger charge is 2.18. The SMILES string of the molecule is Cc1ccc(S(=O)(=O)Cc2ccc(I)cc2)cc1C(=O)O. The van der Waals surface area contributed by atoms with E-state index in [1.807, 2.05) is 12.1 Å². The second-order valence-corrected chi connectivity index (χ2v) is 7.90. The average Bonchev–Trinajstić information content (AvgIpc) is 2.41. The molecular weight excluding hydrogens is 403 g/mol. The Hall–Kier alpha value is -1.41. The quantitative estimate of drug-likeness (QED) is 0.777. The molecule has 0 saturated heterocycles. The second-order valence-electron chi connectivity index (χ2n) is 4.67. The molecule has 0 atom stereocenters. The van der Waals surface area contributed by atoms with Gasteiger partial charge in [0.15, 0.2) is 9.84 Å². The number of halogens is 1. The van der Waals surface area contributed by atoms with Crippen LogP contribution in [0.5, 0.6) is 0 Å². The number of benzene rings is 2. The third-order valence-electron chi connectivity index (χ3n) is 3.07. The molecule has 110 valence electrons. The average molecular weight is 416 g/mol. The van der Waals surface area contributed by atoms with Crippen LogP contribution in [0.4, 0.5) is 0 Å². The van der Waals surface area contributed by atoms with Gasteiger partial charge >= 0.3 is 5.97 Å². The zero-order chi connectivity index (χ0) is 15.6. The molecule has 0 radical (unpaired) electrons. The lowest BCUT2D eigenvalue weighted by Crippen LogP contribution is -2.08. The van der Waals surface area contributed by atoms with Gasteiger partial charge in [-0.2, -0.15) is 0 Å². The van der Waals surface area contributed by atoms with Crippen LogP contribution in [0.15, 0.2) is 47.4 Å². The number of hydrogen-bond acceptors (Lipinski definition) is 3. The van der Waals surface area contributed by atoms with Crippen LogP contribution >= 0.6 is 22.6 Å². The summed E-state index contributed by atoms with van der Waals surface area (Å²) in [5, 5.41) is 9.08. The number of rotatable bonds is 4. The summed E-state index contributed by atoms with van der Waals surface area (Å²) in [6.45, 7) is 1.64. The van der Waals surface area contributed by atoms with Gasteiger partial charge in [-0.3, -0.25) is 0 Å². The number of carboxylic acids is 1. The van der Waals surface area contributed by atoms with E-state index >= 15 is 0 Å². The number of aromatic carboxylic acids is 1. The maximum absolute atomic E-state index is 12.4. The minimum Gasteiger partial charge on any atom is -0.478 e. The highest BCUT2D eigenvalue weighted by Crippen LogP contribution is 2.20. The Morgan fingerprint density at radius 3 is 2.33 bits per heavy atom. The van der Waals surface area contributed by atoms with Gasteiger partial charge in [0.05, 0.1) is 16.2 Å². The zero-order valence-electron chi connectivity index (χ0n) is 11.2. The van der Waals surface area contributed by atoms with Crippen molar-refractivity contribution in [3.05, 3.63) is 62.7 Å². The molecule has 4 nitrogen and oxygen atoms in total. The van der Waals surface area contributed by atoms with Gasteiger partial charge in [-0.05, 0) is 64.9 Å². The summed E-state index contributed by atoms with van der Waals surface area (Å²) in [6.07, 6.45) is 0. The van der Waals surface area contributed by atoms with Crippen molar-refractivity contribution in [1.82, 2.24) is 0 Å². The van der Waals surface area contributed by atoms with Crippen molar-refractivity contribution in [2.75, 3.05) is 0 Å². The first-order valence-corrected chi connectivity index (χ1v) is 8.84. The fourth-order valence-electron chi connectivity index (χ4n) is 1.91.